The SMILES string of the molecule is Cc1[nH]nc(OC(C)C)c1I. The summed E-state index contributed by atoms with van der Waals surface area (Å²) in [6.07, 6.45) is 0.186. The fourth-order valence-corrected chi connectivity index (χ4v) is 1.06. The van der Waals surface area contributed by atoms with Gasteiger partial charge in [-0.25, -0.2) is 0 Å². The molecule has 1 N–H and O–H groups in total. The Kier molecular flexibility index (Phi) is 2.75. The van der Waals surface area contributed by atoms with Crippen LogP contribution in [0, 0.1) is 10.5 Å². The van der Waals surface area contributed by atoms with Crippen LogP contribution >= 0.6 is 22.6 Å². The van der Waals surface area contributed by atoms with Gasteiger partial charge in [0.25, 0.3) is 0 Å². The molecule has 0 unspecified atom stereocenters. The fourth-order valence-electron chi connectivity index (χ4n) is 0.695. The number of H-pyrrole nitrogens is 1. The van der Waals surface area contributed by atoms with E-state index in [1.807, 2.05) is 20.8 Å². The van der Waals surface area contributed by atoms with E-state index in [2.05, 4.69) is 32.8 Å². The molecule has 1 aromatic rings. The number of rotatable bonds is 2. The molecule has 1 heterocycles. The van der Waals surface area contributed by atoms with Crippen LogP contribution in [0.15, 0.2) is 0 Å². The van der Waals surface area contributed by atoms with Gasteiger partial charge in [-0.3, -0.25) is 5.10 Å². The lowest BCUT2D eigenvalue weighted by Gasteiger charge is -2.05. The number of ether oxygens (including phenoxy) is 1. The normalized spacial score (nSPS) is 10.6. The number of nitrogens with zero attached hydrogens (tertiary/aromatic N) is 1. The van der Waals surface area contributed by atoms with Gasteiger partial charge in [-0.15, -0.1) is 5.10 Å². The van der Waals surface area contributed by atoms with Crippen LogP contribution in [0.3, 0.4) is 0 Å². The van der Waals surface area contributed by atoms with Gasteiger partial charge in [-0.1, -0.05) is 0 Å². The average Bonchev–Trinajstić information content (AvgIpc) is 2.18. The standard InChI is InChI=1S/C7H11IN2O/c1-4(2)11-7-6(8)5(3)9-10-7/h4H,1-3H3,(H,9,10). The molecule has 0 aromatic carbocycles. The first-order valence-electron chi connectivity index (χ1n) is 3.48. The Hall–Kier alpha value is -0.260. The summed E-state index contributed by atoms with van der Waals surface area (Å²) in [5.74, 6) is 0.707. The summed E-state index contributed by atoms with van der Waals surface area (Å²) in [6, 6.07) is 0. The van der Waals surface area contributed by atoms with Crippen LogP contribution in [-0.2, 0) is 0 Å². The molecule has 1 aromatic heterocycles. The molecule has 1 rings (SSSR count). The molecule has 0 atom stereocenters. The van der Waals surface area contributed by atoms with E-state index < -0.39 is 0 Å². The van der Waals surface area contributed by atoms with Gasteiger partial charge >= 0.3 is 0 Å². The van der Waals surface area contributed by atoms with Crippen LogP contribution in [0.2, 0.25) is 0 Å². The number of nitrogens with one attached hydrogen (secondary N) is 1. The fraction of sp³-hybridized carbons (Fsp3) is 0.571. The van der Waals surface area contributed by atoms with Crippen molar-refractivity contribution in [2.24, 2.45) is 0 Å². The first kappa shape index (κ1) is 8.83. The molecule has 0 bridgehead atoms. The molecule has 3 nitrogen and oxygen atoms in total. The second-order valence-electron chi connectivity index (χ2n) is 2.63. The van der Waals surface area contributed by atoms with Crippen molar-refractivity contribution in [1.29, 1.82) is 0 Å². The van der Waals surface area contributed by atoms with E-state index in [9.17, 15) is 0 Å². The van der Waals surface area contributed by atoms with E-state index in [1.54, 1.807) is 0 Å². The zero-order valence-electron chi connectivity index (χ0n) is 6.81. The number of hydrogen-bond acceptors (Lipinski definition) is 2. The van der Waals surface area contributed by atoms with Gasteiger partial charge in [0.2, 0.25) is 5.88 Å². The van der Waals surface area contributed by atoms with Crippen molar-refractivity contribution >= 4 is 22.6 Å². The van der Waals surface area contributed by atoms with E-state index in [1.165, 1.54) is 0 Å². The summed E-state index contributed by atoms with van der Waals surface area (Å²) >= 11 is 2.21. The third kappa shape index (κ3) is 2.08. The lowest BCUT2D eigenvalue weighted by Crippen LogP contribution is -2.06. The van der Waals surface area contributed by atoms with E-state index in [0.29, 0.717) is 5.88 Å². The minimum Gasteiger partial charge on any atom is -0.473 e. The van der Waals surface area contributed by atoms with Gasteiger partial charge in [0.05, 0.1) is 9.67 Å². The van der Waals surface area contributed by atoms with E-state index in [4.69, 9.17) is 4.74 Å². The van der Waals surface area contributed by atoms with Crippen molar-refractivity contribution in [3.05, 3.63) is 9.26 Å². The Morgan fingerprint density at radius 1 is 1.55 bits per heavy atom. The number of halogens is 1. The monoisotopic (exact) mass is 266 g/mol. The number of aromatic amines is 1. The molecule has 11 heavy (non-hydrogen) atoms. The summed E-state index contributed by atoms with van der Waals surface area (Å²) in [5, 5.41) is 6.86. The van der Waals surface area contributed by atoms with Crippen LogP contribution in [-0.4, -0.2) is 16.3 Å². The predicted octanol–water partition coefficient (Wildman–Crippen LogP) is 2.11. The molecular formula is C7H11IN2O. The Morgan fingerprint density at radius 2 is 2.18 bits per heavy atom. The highest BCUT2D eigenvalue weighted by Gasteiger charge is 2.08. The molecule has 0 spiro atoms. The zero-order chi connectivity index (χ0) is 8.43. The highest BCUT2D eigenvalue weighted by atomic mass is 127. The van der Waals surface area contributed by atoms with Crippen LogP contribution < -0.4 is 4.74 Å². The Morgan fingerprint density at radius 3 is 2.55 bits per heavy atom. The Labute approximate surface area is 79.7 Å². The van der Waals surface area contributed by atoms with Gasteiger partial charge < -0.3 is 4.74 Å². The Bertz CT molecular complexity index is 245. The minimum absolute atomic E-state index is 0.186. The molecule has 0 radical (unpaired) electrons. The highest BCUT2D eigenvalue weighted by molar-refractivity contribution is 14.1. The molecule has 0 aliphatic carbocycles. The van der Waals surface area contributed by atoms with E-state index in [-0.39, 0.29) is 6.10 Å². The molecular weight excluding hydrogens is 255 g/mol. The van der Waals surface area contributed by atoms with Gasteiger partial charge in [-0.05, 0) is 43.4 Å². The first-order chi connectivity index (χ1) is 5.11. The van der Waals surface area contributed by atoms with Crippen molar-refractivity contribution in [3.63, 3.8) is 0 Å². The third-order valence-electron chi connectivity index (χ3n) is 1.19. The van der Waals surface area contributed by atoms with Crippen LogP contribution in [0.25, 0.3) is 0 Å². The zero-order valence-corrected chi connectivity index (χ0v) is 8.97. The average molecular weight is 266 g/mol. The van der Waals surface area contributed by atoms with Crippen LogP contribution in [0.4, 0.5) is 0 Å². The van der Waals surface area contributed by atoms with Crippen molar-refractivity contribution < 1.29 is 4.74 Å². The number of aryl methyl sites for hydroxylation is 1. The lowest BCUT2D eigenvalue weighted by molar-refractivity contribution is 0.230. The molecule has 0 aliphatic heterocycles. The third-order valence-corrected chi connectivity index (χ3v) is 2.46. The smallest absolute Gasteiger partial charge is 0.246 e. The predicted molar refractivity (Wildman–Crippen MR) is 51.8 cm³/mol. The van der Waals surface area contributed by atoms with Crippen molar-refractivity contribution in [2.75, 3.05) is 0 Å². The molecule has 62 valence electrons. The van der Waals surface area contributed by atoms with Crippen molar-refractivity contribution in [2.45, 2.75) is 26.9 Å². The lowest BCUT2D eigenvalue weighted by atomic mass is 10.4. The topological polar surface area (TPSA) is 37.9 Å². The maximum atomic E-state index is 5.42. The minimum atomic E-state index is 0.186. The Balaban J connectivity index is 2.79. The molecule has 0 fully saturated rings. The van der Waals surface area contributed by atoms with Gasteiger partial charge in [0.15, 0.2) is 0 Å². The second kappa shape index (κ2) is 3.42. The van der Waals surface area contributed by atoms with Gasteiger partial charge in [0.1, 0.15) is 0 Å². The summed E-state index contributed by atoms with van der Waals surface area (Å²) < 4.78 is 6.48. The summed E-state index contributed by atoms with van der Waals surface area (Å²) in [7, 11) is 0. The largest absolute Gasteiger partial charge is 0.473 e. The van der Waals surface area contributed by atoms with Gasteiger partial charge in [0, 0.05) is 5.69 Å². The first-order valence-corrected chi connectivity index (χ1v) is 4.56. The van der Waals surface area contributed by atoms with Crippen LogP contribution in [0.1, 0.15) is 19.5 Å². The molecule has 0 aliphatic rings. The molecule has 0 saturated heterocycles. The highest BCUT2D eigenvalue weighted by Crippen LogP contribution is 2.20. The molecule has 0 amide bonds. The van der Waals surface area contributed by atoms with Crippen molar-refractivity contribution in [1.82, 2.24) is 10.2 Å². The quantitative estimate of drug-likeness (QED) is 0.832. The summed E-state index contributed by atoms with van der Waals surface area (Å²) in [5.41, 5.74) is 1.06. The molecule has 0 saturated carbocycles. The second-order valence-corrected chi connectivity index (χ2v) is 3.71. The number of aromatic nitrogens is 2. The van der Waals surface area contributed by atoms with E-state index >= 15 is 0 Å². The summed E-state index contributed by atoms with van der Waals surface area (Å²) in [6.45, 7) is 5.95. The summed E-state index contributed by atoms with van der Waals surface area (Å²) in [4.78, 5) is 0. The maximum absolute atomic E-state index is 5.42. The van der Waals surface area contributed by atoms with Gasteiger partial charge in [-0.2, -0.15) is 0 Å². The van der Waals surface area contributed by atoms with Crippen molar-refractivity contribution in [3.8, 4) is 5.88 Å². The molecule has 4 heteroatoms. The van der Waals surface area contributed by atoms with Crippen LogP contribution in [0.5, 0.6) is 5.88 Å². The van der Waals surface area contributed by atoms with E-state index in [0.717, 1.165) is 9.26 Å². The maximum Gasteiger partial charge on any atom is 0.246 e. The number of hydrogen-bond donors (Lipinski definition) is 1.